The molecule has 3 aromatic heterocycles. The molecule has 0 radical (unpaired) electrons. The van der Waals surface area contributed by atoms with E-state index in [-0.39, 0.29) is 0 Å². The quantitative estimate of drug-likeness (QED) is 0.574. The summed E-state index contributed by atoms with van der Waals surface area (Å²) in [6.45, 7) is 8.70. The van der Waals surface area contributed by atoms with Crippen molar-refractivity contribution in [1.29, 1.82) is 0 Å². The van der Waals surface area contributed by atoms with Crippen LogP contribution in [-0.2, 0) is 11.3 Å². The predicted octanol–water partition coefficient (Wildman–Crippen LogP) is 3.47. The Balaban J connectivity index is 1.52. The average Bonchev–Trinajstić information content (AvgIpc) is 3.19. The number of aryl methyl sites for hydroxylation is 1. The standard InChI is InChI=1S/C25H35N7OS/c1-17-20(16-31(4)19-7-9-30(3)10-8-19)34-23-22(17)28-24(18-5-6-21(26-2)27-15-18)29-25(23)32-11-13-33-14-12-32/h5-6,15,19H,7-14,16H2,1-4H3,(H,26,27). The van der Waals surface area contributed by atoms with Crippen molar-refractivity contribution < 1.29 is 4.74 Å². The fourth-order valence-electron chi connectivity index (χ4n) is 4.85. The minimum Gasteiger partial charge on any atom is -0.378 e. The van der Waals surface area contributed by atoms with E-state index in [1.807, 2.05) is 36.7 Å². The number of nitrogens with zero attached hydrogens (tertiary/aromatic N) is 6. The smallest absolute Gasteiger partial charge is 0.163 e. The first-order valence-corrected chi connectivity index (χ1v) is 13.0. The molecule has 0 atom stereocenters. The van der Waals surface area contributed by atoms with Crippen LogP contribution in [0.5, 0.6) is 0 Å². The summed E-state index contributed by atoms with van der Waals surface area (Å²) in [6, 6.07) is 4.65. The Morgan fingerprint density at radius 3 is 2.59 bits per heavy atom. The van der Waals surface area contributed by atoms with Gasteiger partial charge in [0.1, 0.15) is 5.82 Å². The number of morpholine rings is 1. The highest BCUT2D eigenvalue weighted by Gasteiger charge is 2.25. The summed E-state index contributed by atoms with van der Waals surface area (Å²) >= 11 is 1.86. The Kier molecular flexibility index (Phi) is 6.96. The van der Waals surface area contributed by atoms with Gasteiger partial charge in [0.25, 0.3) is 0 Å². The maximum absolute atomic E-state index is 5.62. The zero-order valence-corrected chi connectivity index (χ0v) is 21.5. The number of anilines is 2. The lowest BCUT2D eigenvalue weighted by Gasteiger charge is -2.35. The van der Waals surface area contributed by atoms with Crippen molar-refractivity contribution >= 4 is 33.2 Å². The first-order valence-electron chi connectivity index (χ1n) is 12.2. The monoisotopic (exact) mass is 481 g/mol. The minimum absolute atomic E-state index is 0.637. The highest BCUT2D eigenvalue weighted by molar-refractivity contribution is 7.19. The second-order valence-electron chi connectivity index (χ2n) is 9.43. The number of thiophene rings is 1. The molecule has 2 aliphatic heterocycles. The number of hydrogen-bond acceptors (Lipinski definition) is 9. The van der Waals surface area contributed by atoms with Gasteiger partial charge in [0.05, 0.1) is 23.4 Å². The molecule has 0 saturated carbocycles. The lowest BCUT2D eigenvalue weighted by atomic mass is 10.0. The summed E-state index contributed by atoms with van der Waals surface area (Å²) in [5.41, 5.74) is 3.28. The van der Waals surface area contributed by atoms with Crippen LogP contribution in [0.1, 0.15) is 23.3 Å². The molecule has 2 aliphatic rings. The first-order chi connectivity index (χ1) is 16.5. The number of fused-ring (bicyclic) bond motifs is 1. The van der Waals surface area contributed by atoms with Crippen LogP contribution in [0, 0.1) is 6.92 Å². The van der Waals surface area contributed by atoms with Crippen LogP contribution in [0.4, 0.5) is 11.6 Å². The van der Waals surface area contributed by atoms with Crippen molar-refractivity contribution in [3.05, 3.63) is 28.8 Å². The molecule has 0 amide bonds. The van der Waals surface area contributed by atoms with Gasteiger partial charge in [-0.2, -0.15) is 0 Å². The second-order valence-corrected chi connectivity index (χ2v) is 10.5. The largest absolute Gasteiger partial charge is 0.378 e. The Morgan fingerprint density at radius 1 is 1.15 bits per heavy atom. The van der Waals surface area contributed by atoms with Gasteiger partial charge in [-0.25, -0.2) is 15.0 Å². The number of piperidine rings is 1. The van der Waals surface area contributed by atoms with Crippen LogP contribution >= 0.6 is 11.3 Å². The highest BCUT2D eigenvalue weighted by Crippen LogP contribution is 2.38. The average molecular weight is 482 g/mol. The molecule has 0 unspecified atom stereocenters. The molecular weight excluding hydrogens is 446 g/mol. The van der Waals surface area contributed by atoms with Crippen LogP contribution in [-0.4, -0.2) is 91.3 Å². The fraction of sp³-hybridized carbons (Fsp3) is 0.560. The normalized spacial score (nSPS) is 18.2. The van der Waals surface area contributed by atoms with E-state index in [4.69, 9.17) is 14.7 Å². The maximum Gasteiger partial charge on any atom is 0.163 e. The van der Waals surface area contributed by atoms with Gasteiger partial charge < -0.3 is 19.9 Å². The van der Waals surface area contributed by atoms with E-state index in [1.54, 1.807) is 0 Å². The number of rotatable bonds is 6. The third-order valence-electron chi connectivity index (χ3n) is 7.14. The lowest BCUT2D eigenvalue weighted by Crippen LogP contribution is -2.41. The zero-order valence-electron chi connectivity index (χ0n) is 20.7. The lowest BCUT2D eigenvalue weighted by molar-refractivity contribution is 0.122. The van der Waals surface area contributed by atoms with Crippen LogP contribution in [0.25, 0.3) is 21.6 Å². The second kappa shape index (κ2) is 10.1. The molecule has 5 heterocycles. The van der Waals surface area contributed by atoms with Gasteiger partial charge >= 0.3 is 0 Å². The zero-order chi connectivity index (χ0) is 23.7. The molecule has 0 spiro atoms. The predicted molar refractivity (Wildman–Crippen MR) is 140 cm³/mol. The minimum atomic E-state index is 0.637. The molecule has 9 heteroatoms. The molecule has 34 heavy (non-hydrogen) atoms. The van der Waals surface area contributed by atoms with E-state index in [0.29, 0.717) is 6.04 Å². The van der Waals surface area contributed by atoms with Crippen molar-refractivity contribution in [1.82, 2.24) is 24.8 Å². The summed E-state index contributed by atoms with van der Waals surface area (Å²) in [4.78, 5) is 23.3. The van der Waals surface area contributed by atoms with E-state index in [0.717, 1.165) is 61.4 Å². The summed E-state index contributed by atoms with van der Waals surface area (Å²) in [5, 5.41) is 3.08. The molecular formula is C25H35N7OS. The van der Waals surface area contributed by atoms with Crippen LogP contribution in [0.3, 0.4) is 0 Å². The number of aromatic nitrogens is 3. The Hall–Kier alpha value is -2.33. The topological polar surface area (TPSA) is 69.7 Å². The number of hydrogen-bond donors (Lipinski definition) is 1. The Labute approximate surface area is 206 Å². The first kappa shape index (κ1) is 23.4. The maximum atomic E-state index is 5.62. The summed E-state index contributed by atoms with van der Waals surface area (Å²) in [7, 11) is 6.37. The van der Waals surface area contributed by atoms with Gasteiger partial charge in [0.15, 0.2) is 11.6 Å². The van der Waals surface area contributed by atoms with Crippen LogP contribution in [0.2, 0.25) is 0 Å². The summed E-state index contributed by atoms with van der Waals surface area (Å²) in [6.07, 6.45) is 4.32. The van der Waals surface area contributed by atoms with Crippen molar-refractivity contribution in [2.24, 2.45) is 0 Å². The molecule has 1 N–H and O–H groups in total. The molecule has 3 aromatic rings. The molecule has 8 nitrogen and oxygen atoms in total. The number of likely N-dealkylation sites (tertiary alicyclic amines) is 1. The van der Waals surface area contributed by atoms with Crippen molar-refractivity contribution in [3.63, 3.8) is 0 Å². The number of nitrogens with one attached hydrogen (secondary N) is 1. The third kappa shape index (κ3) is 4.75. The number of pyridine rings is 1. The fourth-order valence-corrected chi connectivity index (χ4v) is 6.18. The molecule has 5 rings (SSSR count). The van der Waals surface area contributed by atoms with Gasteiger partial charge in [-0.3, -0.25) is 4.90 Å². The molecule has 0 bridgehead atoms. The highest BCUT2D eigenvalue weighted by atomic mass is 32.1. The van der Waals surface area contributed by atoms with Gasteiger partial charge in [0.2, 0.25) is 0 Å². The van der Waals surface area contributed by atoms with Crippen molar-refractivity contribution in [2.45, 2.75) is 32.4 Å². The van der Waals surface area contributed by atoms with Gasteiger partial charge in [-0.1, -0.05) is 0 Å². The molecule has 0 aromatic carbocycles. The van der Waals surface area contributed by atoms with E-state index >= 15 is 0 Å². The summed E-state index contributed by atoms with van der Waals surface area (Å²) in [5.74, 6) is 2.60. The van der Waals surface area contributed by atoms with Gasteiger partial charge in [0, 0.05) is 49.4 Å². The van der Waals surface area contributed by atoms with E-state index in [2.05, 4.69) is 46.0 Å². The Bertz CT molecular complexity index is 1120. The third-order valence-corrected chi connectivity index (χ3v) is 8.40. The van der Waals surface area contributed by atoms with Gasteiger partial charge in [-0.15, -0.1) is 11.3 Å². The van der Waals surface area contributed by atoms with Crippen molar-refractivity contribution in [3.8, 4) is 11.4 Å². The van der Waals surface area contributed by atoms with E-state index < -0.39 is 0 Å². The SMILES string of the molecule is CNc1ccc(-c2nc(N3CCOCC3)c3sc(CN(C)C4CCN(C)CC4)c(C)c3n2)cn1. The van der Waals surface area contributed by atoms with E-state index in [9.17, 15) is 0 Å². The molecule has 2 saturated heterocycles. The molecule has 0 aliphatic carbocycles. The van der Waals surface area contributed by atoms with Crippen LogP contribution in [0.15, 0.2) is 18.3 Å². The summed E-state index contributed by atoms with van der Waals surface area (Å²) < 4.78 is 6.81. The van der Waals surface area contributed by atoms with Gasteiger partial charge in [-0.05, 0) is 64.6 Å². The number of ether oxygens (including phenoxy) is 1. The van der Waals surface area contributed by atoms with E-state index in [1.165, 1.54) is 41.1 Å². The van der Waals surface area contributed by atoms with Crippen LogP contribution < -0.4 is 10.2 Å². The Morgan fingerprint density at radius 2 is 1.91 bits per heavy atom. The molecule has 182 valence electrons. The molecule has 2 fully saturated rings. The van der Waals surface area contributed by atoms with Crippen molar-refractivity contribution in [2.75, 3.05) is 70.8 Å².